The maximum atomic E-state index is 13.5. The second-order valence-corrected chi connectivity index (χ2v) is 5.73. The minimum absolute atomic E-state index is 0.0760. The van der Waals surface area contributed by atoms with Crippen molar-refractivity contribution < 1.29 is 23.1 Å². The molecule has 2 aromatic rings. The molecule has 0 spiro atoms. The number of carbonyl (C=O) groups is 2. The molecule has 0 unspecified atom stereocenters. The number of hydrogen-bond acceptors (Lipinski definition) is 3. The Kier molecular flexibility index (Phi) is 6.22. The fourth-order valence-corrected chi connectivity index (χ4v) is 2.29. The fourth-order valence-electron chi connectivity index (χ4n) is 2.29. The Morgan fingerprint density at radius 3 is 2.20 bits per heavy atom. The maximum absolute atomic E-state index is 13.5. The first-order valence-corrected chi connectivity index (χ1v) is 7.87. The highest BCUT2D eigenvalue weighted by Crippen LogP contribution is 2.20. The van der Waals surface area contributed by atoms with E-state index in [4.69, 9.17) is 4.74 Å². The molecular weight excluding hydrogens is 328 g/mol. The highest BCUT2D eigenvalue weighted by molar-refractivity contribution is 5.95. The van der Waals surface area contributed by atoms with E-state index in [1.807, 2.05) is 37.3 Å². The van der Waals surface area contributed by atoms with Gasteiger partial charge in [-0.2, -0.15) is 0 Å². The normalized spacial score (nSPS) is 13.0. The van der Waals surface area contributed by atoms with Gasteiger partial charge in [-0.3, -0.25) is 9.59 Å². The third-order valence-electron chi connectivity index (χ3n) is 3.73. The van der Waals surface area contributed by atoms with Crippen LogP contribution in [0.5, 0.6) is 0 Å². The van der Waals surface area contributed by atoms with Crippen LogP contribution in [0, 0.1) is 11.6 Å². The summed E-state index contributed by atoms with van der Waals surface area (Å²) >= 11 is 0. The van der Waals surface area contributed by atoms with Crippen molar-refractivity contribution in [3.05, 3.63) is 65.7 Å². The molecule has 0 aliphatic rings. The first kappa shape index (κ1) is 18.6. The van der Waals surface area contributed by atoms with Gasteiger partial charge >= 0.3 is 5.97 Å². The van der Waals surface area contributed by atoms with E-state index in [0.717, 1.165) is 17.7 Å². The molecule has 1 N–H and O–H groups in total. The van der Waals surface area contributed by atoms with E-state index in [1.54, 1.807) is 0 Å². The Labute approximate surface area is 144 Å². The summed E-state index contributed by atoms with van der Waals surface area (Å²) in [6, 6.07) is 12.7. The van der Waals surface area contributed by atoms with Gasteiger partial charge in [-0.1, -0.05) is 43.3 Å². The van der Waals surface area contributed by atoms with E-state index in [1.165, 1.54) is 13.0 Å². The molecule has 0 bridgehead atoms. The first-order chi connectivity index (χ1) is 11.9. The Morgan fingerprint density at radius 1 is 1.00 bits per heavy atom. The van der Waals surface area contributed by atoms with Crippen LogP contribution < -0.4 is 5.32 Å². The second-order valence-electron chi connectivity index (χ2n) is 5.73. The number of hydrogen-bond donors (Lipinski definition) is 1. The van der Waals surface area contributed by atoms with Gasteiger partial charge < -0.3 is 10.1 Å². The maximum Gasteiger partial charge on any atom is 0.307 e. The van der Waals surface area contributed by atoms with Crippen LogP contribution in [0.4, 0.5) is 14.5 Å². The van der Waals surface area contributed by atoms with Crippen LogP contribution in [0.3, 0.4) is 0 Å². The average Bonchev–Trinajstić information content (AvgIpc) is 2.58. The molecule has 0 saturated heterocycles. The molecule has 132 valence electrons. The summed E-state index contributed by atoms with van der Waals surface area (Å²) in [6.45, 7) is 3.22. The first-order valence-electron chi connectivity index (χ1n) is 7.87. The van der Waals surface area contributed by atoms with Gasteiger partial charge in [0.1, 0.15) is 17.3 Å². The zero-order valence-electron chi connectivity index (χ0n) is 14.0. The third kappa shape index (κ3) is 5.11. The minimum Gasteiger partial charge on any atom is -0.453 e. The summed E-state index contributed by atoms with van der Waals surface area (Å²) < 4.78 is 32.1. The number of esters is 1. The minimum atomic E-state index is -1.17. The van der Waals surface area contributed by atoms with E-state index in [0.29, 0.717) is 0 Å². The average molecular weight is 347 g/mol. The molecule has 2 atom stereocenters. The van der Waals surface area contributed by atoms with Gasteiger partial charge in [0, 0.05) is 0 Å². The van der Waals surface area contributed by atoms with Crippen LogP contribution in [0.15, 0.2) is 48.5 Å². The van der Waals surface area contributed by atoms with E-state index < -0.39 is 35.3 Å². The lowest BCUT2D eigenvalue weighted by molar-refractivity contribution is -0.153. The Bertz CT molecular complexity index is 729. The molecule has 6 heteroatoms. The number of nitrogens with one attached hydrogen (secondary N) is 1. The van der Waals surface area contributed by atoms with Crippen LogP contribution in [0.2, 0.25) is 0 Å². The van der Waals surface area contributed by atoms with Crippen LogP contribution in [-0.4, -0.2) is 18.0 Å². The monoisotopic (exact) mass is 347 g/mol. The Hall–Kier alpha value is -2.76. The van der Waals surface area contributed by atoms with Crippen molar-refractivity contribution in [1.29, 1.82) is 0 Å². The number of carbonyl (C=O) groups excluding carboxylic acids is 2. The largest absolute Gasteiger partial charge is 0.453 e. The van der Waals surface area contributed by atoms with Gasteiger partial charge in [0.15, 0.2) is 6.10 Å². The van der Waals surface area contributed by atoms with Crippen LogP contribution in [0.25, 0.3) is 0 Å². The molecule has 0 saturated carbocycles. The highest BCUT2D eigenvalue weighted by atomic mass is 19.1. The number of para-hydroxylation sites is 1. The zero-order valence-corrected chi connectivity index (χ0v) is 14.0. The van der Waals surface area contributed by atoms with Gasteiger partial charge in [0.2, 0.25) is 0 Å². The van der Waals surface area contributed by atoms with Crippen LogP contribution >= 0.6 is 0 Å². The molecule has 2 rings (SSSR count). The number of ether oxygens (including phenoxy) is 1. The van der Waals surface area contributed by atoms with Gasteiger partial charge in [0.05, 0.1) is 6.42 Å². The van der Waals surface area contributed by atoms with Crippen molar-refractivity contribution in [3.63, 3.8) is 0 Å². The quantitative estimate of drug-likeness (QED) is 0.803. The number of benzene rings is 2. The number of anilines is 1. The molecule has 0 radical (unpaired) electrons. The van der Waals surface area contributed by atoms with Gasteiger partial charge in [-0.15, -0.1) is 0 Å². The summed E-state index contributed by atoms with van der Waals surface area (Å²) in [5.74, 6) is -3.24. The van der Waals surface area contributed by atoms with Crippen LogP contribution in [0.1, 0.15) is 31.7 Å². The second kappa shape index (κ2) is 8.37. The van der Waals surface area contributed by atoms with Gasteiger partial charge in [-0.25, -0.2) is 8.78 Å². The van der Waals surface area contributed by atoms with Crippen LogP contribution in [-0.2, 0) is 14.3 Å². The Balaban J connectivity index is 1.91. The van der Waals surface area contributed by atoms with E-state index in [-0.39, 0.29) is 12.3 Å². The summed E-state index contributed by atoms with van der Waals surface area (Å²) in [6.07, 6.45) is -1.08. The number of rotatable bonds is 6. The van der Waals surface area contributed by atoms with Crippen molar-refractivity contribution in [1.82, 2.24) is 0 Å². The summed E-state index contributed by atoms with van der Waals surface area (Å²) in [4.78, 5) is 24.0. The molecule has 4 nitrogen and oxygen atoms in total. The summed E-state index contributed by atoms with van der Waals surface area (Å²) in [5, 5.41) is 2.10. The summed E-state index contributed by atoms with van der Waals surface area (Å²) in [7, 11) is 0. The van der Waals surface area contributed by atoms with Gasteiger partial charge in [-0.05, 0) is 30.5 Å². The number of halogens is 2. The topological polar surface area (TPSA) is 55.4 Å². The zero-order chi connectivity index (χ0) is 18.4. The van der Waals surface area contributed by atoms with E-state index >= 15 is 0 Å². The molecule has 0 aliphatic carbocycles. The van der Waals surface area contributed by atoms with Crippen molar-refractivity contribution in [2.24, 2.45) is 0 Å². The highest BCUT2D eigenvalue weighted by Gasteiger charge is 2.22. The van der Waals surface area contributed by atoms with Crippen molar-refractivity contribution >= 4 is 17.6 Å². The van der Waals surface area contributed by atoms with E-state index in [9.17, 15) is 18.4 Å². The van der Waals surface area contributed by atoms with Crippen molar-refractivity contribution in [2.75, 3.05) is 5.32 Å². The molecule has 0 heterocycles. The van der Waals surface area contributed by atoms with E-state index in [2.05, 4.69) is 5.32 Å². The predicted molar refractivity (Wildman–Crippen MR) is 90.0 cm³/mol. The standard InChI is InChI=1S/C19H19F2NO3/c1-12(14-7-4-3-5-8-14)11-17(23)25-13(2)19(24)22-18-15(20)9-6-10-16(18)21/h3-10,12-13H,11H2,1-2H3,(H,22,24)/t12-,13+/m1/s1. The lowest BCUT2D eigenvalue weighted by atomic mass is 9.98. The molecule has 25 heavy (non-hydrogen) atoms. The van der Waals surface area contributed by atoms with Gasteiger partial charge in [0.25, 0.3) is 5.91 Å². The molecule has 0 fully saturated rings. The lowest BCUT2D eigenvalue weighted by Crippen LogP contribution is -2.31. The third-order valence-corrected chi connectivity index (χ3v) is 3.73. The smallest absolute Gasteiger partial charge is 0.307 e. The molecule has 1 amide bonds. The lowest BCUT2D eigenvalue weighted by Gasteiger charge is -2.16. The van der Waals surface area contributed by atoms with Crippen molar-refractivity contribution in [3.8, 4) is 0 Å². The molecule has 0 aliphatic heterocycles. The number of amides is 1. The Morgan fingerprint density at radius 2 is 1.60 bits per heavy atom. The fraction of sp³-hybridized carbons (Fsp3) is 0.263. The predicted octanol–water partition coefficient (Wildman–Crippen LogP) is 4.03. The molecule has 0 aromatic heterocycles. The summed E-state index contributed by atoms with van der Waals surface area (Å²) in [5.41, 5.74) is 0.415. The SMILES string of the molecule is C[C@H](OC(=O)C[C@@H](C)c1ccccc1)C(=O)Nc1c(F)cccc1F. The molecule has 2 aromatic carbocycles. The molecular formula is C19H19F2NO3. The van der Waals surface area contributed by atoms with Crippen molar-refractivity contribution in [2.45, 2.75) is 32.3 Å².